The first-order valence-electron chi connectivity index (χ1n) is 3.96. The van der Waals surface area contributed by atoms with E-state index in [9.17, 15) is 4.79 Å². The van der Waals surface area contributed by atoms with E-state index in [2.05, 4.69) is 16.9 Å². The fourth-order valence-corrected chi connectivity index (χ4v) is 1.16. The van der Waals surface area contributed by atoms with E-state index in [4.69, 9.17) is 28.3 Å². The Bertz CT molecular complexity index is 407. The van der Waals surface area contributed by atoms with Gasteiger partial charge in [-0.3, -0.25) is 0 Å². The van der Waals surface area contributed by atoms with Crippen LogP contribution in [0, 0.1) is 0 Å². The molecule has 15 heavy (non-hydrogen) atoms. The lowest BCUT2D eigenvalue weighted by molar-refractivity contribution is 0.0696. The largest absolute Gasteiger partial charge is 0.478 e. The number of halogens is 2. The highest BCUT2D eigenvalue weighted by molar-refractivity contribution is 6.33. The lowest BCUT2D eigenvalue weighted by Crippen LogP contribution is -2.05. The number of pyridine rings is 1. The molecule has 1 heterocycles. The number of nitrogens with one attached hydrogen (secondary N) is 1. The lowest BCUT2D eigenvalue weighted by atomic mass is 10.3. The van der Waals surface area contributed by atoms with Crippen LogP contribution in [0.5, 0.6) is 0 Å². The molecule has 1 aromatic rings. The van der Waals surface area contributed by atoms with Gasteiger partial charge in [-0.25, -0.2) is 9.78 Å². The average molecular weight is 247 g/mol. The van der Waals surface area contributed by atoms with E-state index in [0.717, 1.165) is 0 Å². The third-order valence-corrected chi connectivity index (χ3v) is 1.96. The van der Waals surface area contributed by atoms with Crippen LogP contribution in [-0.4, -0.2) is 22.6 Å². The Hall–Kier alpha value is -1.26. The van der Waals surface area contributed by atoms with Gasteiger partial charge in [-0.05, 0) is 6.07 Å². The highest BCUT2D eigenvalue weighted by Gasteiger charge is 2.07. The monoisotopic (exact) mass is 246 g/mol. The van der Waals surface area contributed by atoms with Crippen molar-refractivity contribution in [2.45, 2.75) is 0 Å². The van der Waals surface area contributed by atoms with Gasteiger partial charge in [0.25, 0.3) is 0 Å². The van der Waals surface area contributed by atoms with Crippen LogP contribution >= 0.6 is 23.2 Å². The minimum absolute atomic E-state index is 0.0373. The van der Waals surface area contributed by atoms with Gasteiger partial charge >= 0.3 is 5.97 Å². The molecule has 0 spiro atoms. The number of aromatic carboxylic acids is 1. The van der Waals surface area contributed by atoms with Crippen LogP contribution in [0.4, 0.5) is 5.82 Å². The summed E-state index contributed by atoms with van der Waals surface area (Å²) in [5.74, 6) is -0.693. The van der Waals surface area contributed by atoms with Crippen LogP contribution in [0.3, 0.4) is 0 Å². The van der Waals surface area contributed by atoms with Crippen LogP contribution in [0.1, 0.15) is 10.4 Å². The maximum absolute atomic E-state index is 10.6. The van der Waals surface area contributed by atoms with Gasteiger partial charge in [-0.15, -0.1) is 0 Å². The van der Waals surface area contributed by atoms with E-state index in [1.165, 1.54) is 12.3 Å². The second-order valence-electron chi connectivity index (χ2n) is 2.73. The Morgan fingerprint density at radius 2 is 2.33 bits per heavy atom. The van der Waals surface area contributed by atoms with E-state index in [1.807, 2.05) is 0 Å². The van der Waals surface area contributed by atoms with Crippen LogP contribution in [0.15, 0.2) is 23.9 Å². The molecule has 2 N–H and O–H groups in total. The molecule has 0 bridgehead atoms. The molecule has 0 amide bonds. The molecule has 6 heteroatoms. The van der Waals surface area contributed by atoms with Crippen molar-refractivity contribution in [1.29, 1.82) is 0 Å². The van der Waals surface area contributed by atoms with Gasteiger partial charge in [-0.1, -0.05) is 29.8 Å². The fraction of sp³-hybridized carbons (Fsp3) is 0.111. The number of nitrogens with zero attached hydrogens (tertiary/aromatic N) is 1. The maximum Gasteiger partial charge on any atom is 0.337 e. The number of hydrogen-bond donors (Lipinski definition) is 2. The molecule has 0 atom stereocenters. The van der Waals surface area contributed by atoms with Gasteiger partial charge in [0, 0.05) is 11.2 Å². The summed E-state index contributed by atoms with van der Waals surface area (Å²) in [7, 11) is 0. The molecule has 80 valence electrons. The van der Waals surface area contributed by atoms with Gasteiger partial charge < -0.3 is 10.4 Å². The summed E-state index contributed by atoms with van der Waals surface area (Å²) in [5.41, 5.74) is 0.0373. The van der Waals surface area contributed by atoms with Gasteiger partial charge in [0.05, 0.1) is 17.1 Å². The van der Waals surface area contributed by atoms with Crippen molar-refractivity contribution in [3.63, 3.8) is 0 Å². The zero-order valence-electron chi connectivity index (χ0n) is 7.63. The Labute approximate surface area is 96.5 Å². The van der Waals surface area contributed by atoms with Crippen molar-refractivity contribution < 1.29 is 9.90 Å². The molecular weight excluding hydrogens is 239 g/mol. The standard InChI is InChI=1S/C9H8Cl2N2O2/c1-5(10)3-12-8-7(11)2-6(4-13-8)9(14)15/h2,4H,1,3H2,(H,12,13)(H,14,15). The third-order valence-electron chi connectivity index (χ3n) is 1.54. The first-order valence-corrected chi connectivity index (χ1v) is 4.72. The van der Waals surface area contributed by atoms with E-state index in [-0.39, 0.29) is 10.6 Å². The number of carbonyl (C=O) groups is 1. The molecule has 0 aliphatic heterocycles. The van der Waals surface area contributed by atoms with Crippen LogP contribution in [0.25, 0.3) is 0 Å². The van der Waals surface area contributed by atoms with Crippen LogP contribution in [0.2, 0.25) is 5.02 Å². The molecule has 0 radical (unpaired) electrons. The minimum Gasteiger partial charge on any atom is -0.478 e. The molecular formula is C9H8Cl2N2O2. The van der Waals surface area contributed by atoms with Crippen molar-refractivity contribution >= 4 is 35.0 Å². The summed E-state index contributed by atoms with van der Waals surface area (Å²) >= 11 is 11.3. The summed E-state index contributed by atoms with van der Waals surface area (Å²) in [5, 5.41) is 12.1. The van der Waals surface area contributed by atoms with Gasteiger partial charge in [0.1, 0.15) is 5.82 Å². The number of hydrogen-bond acceptors (Lipinski definition) is 3. The molecule has 4 nitrogen and oxygen atoms in total. The van der Waals surface area contributed by atoms with E-state index in [1.54, 1.807) is 0 Å². The topological polar surface area (TPSA) is 62.2 Å². The zero-order valence-corrected chi connectivity index (χ0v) is 9.14. The highest BCUT2D eigenvalue weighted by atomic mass is 35.5. The number of anilines is 1. The van der Waals surface area contributed by atoms with Crippen molar-refractivity contribution in [3.8, 4) is 0 Å². The Kier molecular flexibility index (Phi) is 3.94. The Morgan fingerprint density at radius 1 is 1.67 bits per heavy atom. The maximum atomic E-state index is 10.6. The molecule has 0 fully saturated rings. The predicted octanol–water partition coefficient (Wildman–Crippen LogP) is 2.60. The van der Waals surface area contributed by atoms with E-state index in [0.29, 0.717) is 17.4 Å². The molecule has 1 rings (SSSR count). The normalized spacial score (nSPS) is 9.73. The molecule has 0 aliphatic rings. The van der Waals surface area contributed by atoms with Crippen molar-refractivity contribution in [2.75, 3.05) is 11.9 Å². The van der Waals surface area contributed by atoms with Crippen LogP contribution in [-0.2, 0) is 0 Å². The fourth-order valence-electron chi connectivity index (χ4n) is 0.865. The first kappa shape index (κ1) is 11.8. The lowest BCUT2D eigenvalue weighted by Gasteiger charge is -2.06. The molecule has 0 saturated carbocycles. The number of aromatic nitrogens is 1. The Morgan fingerprint density at radius 3 is 2.80 bits per heavy atom. The molecule has 1 aromatic heterocycles. The summed E-state index contributed by atoms with van der Waals surface area (Å²) < 4.78 is 0. The van der Waals surface area contributed by atoms with E-state index < -0.39 is 5.97 Å². The minimum atomic E-state index is -1.07. The first-order chi connectivity index (χ1) is 7.00. The second-order valence-corrected chi connectivity index (χ2v) is 3.67. The zero-order chi connectivity index (χ0) is 11.4. The number of rotatable bonds is 4. The molecule has 0 unspecified atom stereocenters. The summed E-state index contributed by atoms with van der Waals surface area (Å²) in [4.78, 5) is 14.4. The third kappa shape index (κ3) is 3.42. The van der Waals surface area contributed by atoms with Crippen molar-refractivity contribution in [1.82, 2.24) is 4.98 Å². The predicted molar refractivity (Wildman–Crippen MR) is 59.7 cm³/mol. The van der Waals surface area contributed by atoms with Gasteiger partial charge in [0.2, 0.25) is 0 Å². The highest BCUT2D eigenvalue weighted by Crippen LogP contribution is 2.20. The van der Waals surface area contributed by atoms with Gasteiger partial charge in [0.15, 0.2) is 0 Å². The van der Waals surface area contributed by atoms with Crippen LogP contribution < -0.4 is 5.32 Å². The SMILES string of the molecule is C=C(Cl)CNc1ncc(C(=O)O)cc1Cl. The molecule has 0 aliphatic carbocycles. The Balaban J connectivity index is 2.83. The average Bonchev–Trinajstić information content (AvgIpc) is 2.15. The smallest absolute Gasteiger partial charge is 0.337 e. The summed E-state index contributed by atoms with van der Waals surface area (Å²) in [6, 6.07) is 1.32. The second kappa shape index (κ2) is 5.00. The van der Waals surface area contributed by atoms with Crippen molar-refractivity contribution in [2.24, 2.45) is 0 Å². The molecule has 0 saturated heterocycles. The summed E-state index contributed by atoms with van der Waals surface area (Å²) in [6.07, 6.45) is 1.22. The number of carboxylic acids is 1. The summed E-state index contributed by atoms with van der Waals surface area (Å²) in [6.45, 7) is 3.80. The van der Waals surface area contributed by atoms with Crippen molar-refractivity contribution in [3.05, 3.63) is 34.5 Å². The van der Waals surface area contributed by atoms with Gasteiger partial charge in [-0.2, -0.15) is 0 Å². The number of carboxylic acid groups (broad SMARTS) is 1. The molecule has 0 aromatic carbocycles. The quantitative estimate of drug-likeness (QED) is 0.858. The van der Waals surface area contributed by atoms with E-state index >= 15 is 0 Å².